The average Bonchev–Trinajstić information content (AvgIpc) is 2.64. The number of rotatable bonds is 14. The molecule has 0 aliphatic carbocycles. The van der Waals surface area contributed by atoms with E-state index in [2.05, 4.69) is 10.6 Å². The quantitative estimate of drug-likeness (QED) is 0.332. The summed E-state index contributed by atoms with van der Waals surface area (Å²) in [5.74, 6) is -7.64. The van der Waals surface area contributed by atoms with Crippen molar-refractivity contribution >= 4 is 40.9 Å². The van der Waals surface area contributed by atoms with Crippen LogP contribution in [0.15, 0.2) is 0 Å². The van der Waals surface area contributed by atoms with Gasteiger partial charge in [0, 0.05) is 26.3 Å². The lowest BCUT2D eigenvalue weighted by Gasteiger charge is -2.16. The molecular formula is C18H26N2O8. The molecule has 0 aliphatic rings. The molecule has 0 spiro atoms. The van der Waals surface area contributed by atoms with Gasteiger partial charge < -0.3 is 15.7 Å². The van der Waals surface area contributed by atoms with Crippen LogP contribution in [0.4, 0.5) is 0 Å². The summed E-state index contributed by atoms with van der Waals surface area (Å²) in [6.45, 7) is 3.04. The maximum Gasteiger partial charge on any atom is 0.326 e. The predicted molar refractivity (Wildman–Crippen MR) is 96.2 cm³/mol. The SMILES string of the molecule is CCC(=O)CC(=O)C(C(=O)CCC(NC(=O)CC)C(=O)O)C(=O)CC(=O)NC. The lowest BCUT2D eigenvalue weighted by Crippen LogP contribution is -2.42. The van der Waals surface area contributed by atoms with Crippen LogP contribution in [-0.4, -0.2) is 59.1 Å². The number of amides is 2. The van der Waals surface area contributed by atoms with Gasteiger partial charge in [0.2, 0.25) is 11.8 Å². The number of hydrogen-bond acceptors (Lipinski definition) is 7. The third kappa shape index (κ3) is 8.65. The number of Topliss-reactive ketones (excluding diaryl/α,β-unsaturated/α-hetero) is 4. The van der Waals surface area contributed by atoms with Crippen molar-refractivity contribution in [3.63, 3.8) is 0 Å². The van der Waals surface area contributed by atoms with Crippen molar-refractivity contribution in [3.8, 4) is 0 Å². The van der Waals surface area contributed by atoms with E-state index in [1.54, 1.807) is 0 Å². The molecule has 0 aromatic rings. The fourth-order valence-electron chi connectivity index (χ4n) is 2.29. The van der Waals surface area contributed by atoms with Gasteiger partial charge in [-0.3, -0.25) is 28.8 Å². The number of hydrogen-bond donors (Lipinski definition) is 3. The monoisotopic (exact) mass is 398 g/mol. The van der Waals surface area contributed by atoms with E-state index in [1.807, 2.05) is 0 Å². The average molecular weight is 398 g/mol. The summed E-state index contributed by atoms with van der Waals surface area (Å²) in [5.41, 5.74) is 0. The van der Waals surface area contributed by atoms with Crippen molar-refractivity contribution in [2.45, 2.75) is 58.4 Å². The molecule has 0 heterocycles. The fourth-order valence-corrected chi connectivity index (χ4v) is 2.29. The molecule has 0 aromatic carbocycles. The van der Waals surface area contributed by atoms with Crippen LogP contribution in [0.25, 0.3) is 0 Å². The first-order valence-electron chi connectivity index (χ1n) is 8.89. The maximum absolute atomic E-state index is 12.5. The van der Waals surface area contributed by atoms with Crippen LogP contribution in [-0.2, 0) is 33.6 Å². The number of carbonyl (C=O) groups excluding carboxylic acids is 6. The van der Waals surface area contributed by atoms with Gasteiger partial charge in [-0.1, -0.05) is 13.8 Å². The summed E-state index contributed by atoms with van der Waals surface area (Å²) in [5, 5.41) is 13.6. The van der Waals surface area contributed by atoms with E-state index in [9.17, 15) is 33.6 Å². The Morgan fingerprint density at radius 2 is 1.39 bits per heavy atom. The molecule has 0 saturated carbocycles. The van der Waals surface area contributed by atoms with Crippen molar-refractivity contribution < 1.29 is 38.7 Å². The summed E-state index contributed by atoms with van der Waals surface area (Å²) in [7, 11) is 1.28. The first-order valence-corrected chi connectivity index (χ1v) is 8.89. The van der Waals surface area contributed by atoms with Crippen LogP contribution >= 0.6 is 0 Å². The number of nitrogens with one attached hydrogen (secondary N) is 2. The van der Waals surface area contributed by atoms with E-state index < -0.39 is 72.1 Å². The molecule has 0 saturated heterocycles. The normalized spacial score (nSPS) is 12.4. The second-order valence-electron chi connectivity index (χ2n) is 6.10. The van der Waals surface area contributed by atoms with Crippen molar-refractivity contribution in [2.24, 2.45) is 5.92 Å². The fraction of sp³-hybridized carbons (Fsp3) is 0.611. The minimum atomic E-state index is -1.82. The summed E-state index contributed by atoms with van der Waals surface area (Å²) >= 11 is 0. The van der Waals surface area contributed by atoms with E-state index in [1.165, 1.54) is 20.9 Å². The number of carboxylic acids is 1. The molecule has 2 unspecified atom stereocenters. The second kappa shape index (κ2) is 12.5. The Kier molecular flexibility index (Phi) is 11.2. The molecule has 0 radical (unpaired) electrons. The standard InChI is InChI=1S/C18H26N2O8/c1-4-10(21)8-13(23)17(14(24)9-16(26)19-3)12(22)7-6-11(18(27)28)20-15(25)5-2/h11,17H,4-9H2,1-3H3,(H,19,26)(H,20,25)(H,27,28). The molecule has 0 aromatic heterocycles. The third-order valence-corrected chi connectivity index (χ3v) is 3.98. The Hall–Kier alpha value is -2.91. The molecule has 0 rings (SSSR count). The zero-order chi connectivity index (χ0) is 21.9. The van der Waals surface area contributed by atoms with Crippen molar-refractivity contribution in [2.75, 3.05) is 7.05 Å². The number of carbonyl (C=O) groups is 7. The highest BCUT2D eigenvalue weighted by molar-refractivity contribution is 6.24. The molecule has 0 bridgehead atoms. The van der Waals surface area contributed by atoms with E-state index in [-0.39, 0.29) is 19.3 Å². The summed E-state index contributed by atoms with van der Waals surface area (Å²) < 4.78 is 0. The molecular weight excluding hydrogens is 372 g/mol. The summed E-state index contributed by atoms with van der Waals surface area (Å²) in [4.78, 5) is 82.5. The summed E-state index contributed by atoms with van der Waals surface area (Å²) in [6, 6.07) is -1.36. The highest BCUT2D eigenvalue weighted by Gasteiger charge is 2.35. The van der Waals surface area contributed by atoms with E-state index >= 15 is 0 Å². The number of aliphatic carboxylic acids is 1. The van der Waals surface area contributed by atoms with Crippen LogP contribution < -0.4 is 10.6 Å². The lowest BCUT2D eigenvalue weighted by atomic mass is 9.86. The highest BCUT2D eigenvalue weighted by atomic mass is 16.4. The Bertz CT molecular complexity index is 626. The van der Waals surface area contributed by atoms with Gasteiger partial charge in [0.15, 0.2) is 17.3 Å². The van der Waals surface area contributed by atoms with Gasteiger partial charge in [-0.05, 0) is 6.42 Å². The molecule has 0 aliphatic heterocycles. The van der Waals surface area contributed by atoms with Crippen molar-refractivity contribution in [1.29, 1.82) is 0 Å². The Morgan fingerprint density at radius 1 is 0.821 bits per heavy atom. The molecule has 2 amide bonds. The molecule has 28 heavy (non-hydrogen) atoms. The number of carboxylic acid groups (broad SMARTS) is 1. The minimum Gasteiger partial charge on any atom is -0.480 e. The van der Waals surface area contributed by atoms with Gasteiger partial charge in [0.25, 0.3) is 0 Å². The third-order valence-electron chi connectivity index (χ3n) is 3.98. The zero-order valence-corrected chi connectivity index (χ0v) is 16.2. The van der Waals surface area contributed by atoms with Gasteiger partial charge in [-0.2, -0.15) is 0 Å². The topological polar surface area (TPSA) is 164 Å². The maximum atomic E-state index is 12.5. The first kappa shape index (κ1) is 25.1. The summed E-state index contributed by atoms with van der Waals surface area (Å²) in [6.07, 6.45) is -2.08. The van der Waals surface area contributed by atoms with Crippen molar-refractivity contribution in [3.05, 3.63) is 0 Å². The van der Waals surface area contributed by atoms with Gasteiger partial charge in [0.05, 0.1) is 12.8 Å². The van der Waals surface area contributed by atoms with Gasteiger partial charge in [0.1, 0.15) is 17.7 Å². The van der Waals surface area contributed by atoms with Gasteiger partial charge in [-0.25, -0.2) is 4.79 Å². The van der Waals surface area contributed by atoms with E-state index in [4.69, 9.17) is 5.11 Å². The largest absolute Gasteiger partial charge is 0.480 e. The smallest absolute Gasteiger partial charge is 0.326 e. The van der Waals surface area contributed by atoms with Crippen LogP contribution in [0.5, 0.6) is 0 Å². The van der Waals surface area contributed by atoms with Crippen LogP contribution in [0.2, 0.25) is 0 Å². The molecule has 2 atom stereocenters. The lowest BCUT2D eigenvalue weighted by molar-refractivity contribution is -0.142. The van der Waals surface area contributed by atoms with Crippen LogP contribution in [0, 0.1) is 5.92 Å². The molecule has 10 heteroatoms. The Labute approximate surface area is 162 Å². The second-order valence-corrected chi connectivity index (χ2v) is 6.10. The minimum absolute atomic E-state index is 0.0421. The van der Waals surface area contributed by atoms with Crippen LogP contribution in [0.1, 0.15) is 52.4 Å². The molecule has 3 N–H and O–H groups in total. The van der Waals surface area contributed by atoms with Gasteiger partial charge in [-0.15, -0.1) is 0 Å². The zero-order valence-electron chi connectivity index (χ0n) is 16.2. The Balaban J connectivity index is 5.32. The highest BCUT2D eigenvalue weighted by Crippen LogP contribution is 2.14. The molecule has 10 nitrogen and oxygen atoms in total. The Morgan fingerprint density at radius 3 is 1.86 bits per heavy atom. The van der Waals surface area contributed by atoms with Gasteiger partial charge >= 0.3 is 5.97 Å². The molecule has 156 valence electrons. The number of ketones is 4. The predicted octanol–water partition coefficient (Wildman–Crippen LogP) is -0.425. The van der Waals surface area contributed by atoms with Crippen LogP contribution in [0.3, 0.4) is 0 Å². The first-order chi connectivity index (χ1) is 13.1. The van der Waals surface area contributed by atoms with E-state index in [0.717, 1.165) is 0 Å². The van der Waals surface area contributed by atoms with E-state index in [0.29, 0.717) is 0 Å². The van der Waals surface area contributed by atoms with Crippen molar-refractivity contribution in [1.82, 2.24) is 10.6 Å². The molecule has 0 fully saturated rings.